The van der Waals surface area contributed by atoms with Crippen LogP contribution in [-0.2, 0) is 6.54 Å². The zero-order valence-corrected chi connectivity index (χ0v) is 16.2. The van der Waals surface area contributed by atoms with E-state index in [4.69, 9.17) is 0 Å². The normalized spacial score (nSPS) is 10.5. The Morgan fingerprint density at radius 2 is 1.59 bits per heavy atom. The van der Waals surface area contributed by atoms with E-state index >= 15 is 0 Å². The Kier molecular flexibility index (Phi) is 5.38. The third-order valence-electron chi connectivity index (χ3n) is 4.63. The van der Waals surface area contributed by atoms with E-state index in [1.54, 1.807) is 11.1 Å². The molecular formula is C24H22N4O. The van der Waals surface area contributed by atoms with E-state index in [2.05, 4.69) is 10.4 Å². The fraction of sp³-hybridized carbons (Fsp3) is 0.0833. The largest absolute Gasteiger partial charge is 0.355 e. The van der Waals surface area contributed by atoms with Gasteiger partial charge in [0.25, 0.3) is 5.91 Å². The molecule has 0 saturated carbocycles. The quantitative estimate of drug-likeness (QED) is 0.517. The summed E-state index contributed by atoms with van der Waals surface area (Å²) >= 11 is 0. The summed E-state index contributed by atoms with van der Waals surface area (Å²) in [6.45, 7) is 0.478. The summed E-state index contributed by atoms with van der Waals surface area (Å²) in [7, 11) is 1.81. The summed E-state index contributed by atoms with van der Waals surface area (Å²) in [6, 6.07) is 27.3. The van der Waals surface area contributed by atoms with Crippen molar-refractivity contribution in [1.82, 2.24) is 14.7 Å². The average molecular weight is 382 g/mol. The number of benzene rings is 3. The molecule has 0 bridgehead atoms. The SMILES string of the molecule is CN(Cc1cnn(-c2ccccc2)c1)C(=O)c1ccccc1Nc1ccccc1. The van der Waals surface area contributed by atoms with E-state index in [0.717, 1.165) is 22.6 Å². The predicted molar refractivity (Wildman–Crippen MR) is 116 cm³/mol. The average Bonchev–Trinajstić information content (AvgIpc) is 3.23. The van der Waals surface area contributed by atoms with E-state index in [-0.39, 0.29) is 5.91 Å². The van der Waals surface area contributed by atoms with Gasteiger partial charge in [0.05, 0.1) is 23.1 Å². The first-order chi connectivity index (χ1) is 14.2. The first-order valence-corrected chi connectivity index (χ1v) is 9.46. The van der Waals surface area contributed by atoms with Crippen LogP contribution in [0.2, 0.25) is 0 Å². The maximum atomic E-state index is 13.1. The number of amides is 1. The number of hydrogen-bond donors (Lipinski definition) is 1. The first-order valence-electron chi connectivity index (χ1n) is 9.46. The molecule has 29 heavy (non-hydrogen) atoms. The van der Waals surface area contributed by atoms with Crippen LogP contribution in [0.25, 0.3) is 5.69 Å². The molecule has 0 unspecified atom stereocenters. The molecule has 0 fully saturated rings. The molecule has 1 N–H and O–H groups in total. The van der Waals surface area contributed by atoms with Crippen LogP contribution in [0.4, 0.5) is 11.4 Å². The topological polar surface area (TPSA) is 50.2 Å². The van der Waals surface area contributed by atoms with Crippen LogP contribution in [-0.4, -0.2) is 27.6 Å². The molecule has 3 aromatic carbocycles. The lowest BCUT2D eigenvalue weighted by Gasteiger charge is -2.19. The Hall–Kier alpha value is -3.86. The number of carbonyl (C=O) groups is 1. The van der Waals surface area contributed by atoms with Gasteiger partial charge in [-0.25, -0.2) is 4.68 Å². The second kappa shape index (κ2) is 8.44. The van der Waals surface area contributed by atoms with E-state index < -0.39 is 0 Å². The van der Waals surface area contributed by atoms with Crippen molar-refractivity contribution in [2.45, 2.75) is 6.54 Å². The number of nitrogens with one attached hydrogen (secondary N) is 1. The van der Waals surface area contributed by atoms with Crippen molar-refractivity contribution < 1.29 is 4.79 Å². The highest BCUT2D eigenvalue weighted by atomic mass is 16.2. The van der Waals surface area contributed by atoms with Crippen LogP contribution >= 0.6 is 0 Å². The molecule has 0 aliphatic heterocycles. The molecule has 0 saturated heterocycles. The molecule has 1 amide bonds. The summed E-state index contributed by atoms with van der Waals surface area (Å²) in [5.74, 6) is -0.0449. The molecule has 1 heterocycles. The van der Waals surface area contributed by atoms with Gasteiger partial charge in [0.15, 0.2) is 0 Å². The van der Waals surface area contributed by atoms with Crippen molar-refractivity contribution in [3.8, 4) is 5.69 Å². The fourth-order valence-corrected chi connectivity index (χ4v) is 3.17. The van der Waals surface area contributed by atoms with Crippen LogP contribution in [0.5, 0.6) is 0 Å². The van der Waals surface area contributed by atoms with Crippen molar-refractivity contribution in [3.05, 3.63) is 108 Å². The molecule has 0 aliphatic carbocycles. The van der Waals surface area contributed by atoms with Gasteiger partial charge in [0.1, 0.15) is 0 Å². The molecule has 0 aliphatic rings. The Balaban J connectivity index is 1.50. The third kappa shape index (κ3) is 4.35. The fourth-order valence-electron chi connectivity index (χ4n) is 3.17. The molecule has 5 heteroatoms. The van der Waals surface area contributed by atoms with Crippen LogP contribution in [0.1, 0.15) is 15.9 Å². The third-order valence-corrected chi connectivity index (χ3v) is 4.63. The first kappa shape index (κ1) is 18.5. The Labute approximate surface area is 170 Å². The minimum atomic E-state index is -0.0449. The second-order valence-electron chi connectivity index (χ2n) is 6.83. The molecule has 4 rings (SSSR count). The molecule has 4 aromatic rings. The summed E-state index contributed by atoms with van der Waals surface area (Å²) < 4.78 is 1.82. The highest BCUT2D eigenvalue weighted by Crippen LogP contribution is 2.22. The molecule has 5 nitrogen and oxygen atoms in total. The van der Waals surface area contributed by atoms with Crippen molar-refractivity contribution in [2.24, 2.45) is 0 Å². The Morgan fingerprint density at radius 3 is 2.34 bits per heavy atom. The Bertz CT molecular complexity index is 1090. The smallest absolute Gasteiger partial charge is 0.256 e. The molecular weight excluding hydrogens is 360 g/mol. The minimum absolute atomic E-state index is 0.0449. The maximum Gasteiger partial charge on any atom is 0.256 e. The second-order valence-corrected chi connectivity index (χ2v) is 6.83. The van der Waals surface area contributed by atoms with Gasteiger partial charge in [0.2, 0.25) is 0 Å². The molecule has 0 spiro atoms. The number of carbonyl (C=O) groups excluding carboxylic acids is 1. The molecule has 1 aromatic heterocycles. The lowest BCUT2D eigenvalue weighted by molar-refractivity contribution is 0.0786. The minimum Gasteiger partial charge on any atom is -0.355 e. The monoisotopic (exact) mass is 382 g/mol. The van der Waals surface area contributed by atoms with Crippen molar-refractivity contribution in [1.29, 1.82) is 0 Å². The van der Waals surface area contributed by atoms with Gasteiger partial charge in [0, 0.05) is 31.0 Å². The summed E-state index contributed by atoms with van der Waals surface area (Å²) in [6.07, 6.45) is 3.75. The van der Waals surface area contributed by atoms with E-state index in [9.17, 15) is 4.79 Å². The number of aromatic nitrogens is 2. The van der Waals surface area contributed by atoms with Crippen molar-refractivity contribution in [2.75, 3.05) is 12.4 Å². The highest BCUT2D eigenvalue weighted by molar-refractivity contribution is 6.00. The van der Waals surface area contributed by atoms with E-state index in [1.165, 1.54) is 0 Å². The zero-order valence-electron chi connectivity index (χ0n) is 16.2. The number of para-hydroxylation sites is 3. The van der Waals surface area contributed by atoms with Gasteiger partial charge >= 0.3 is 0 Å². The molecule has 0 atom stereocenters. The lowest BCUT2D eigenvalue weighted by Crippen LogP contribution is -2.26. The van der Waals surface area contributed by atoms with E-state index in [1.807, 2.05) is 103 Å². The van der Waals surface area contributed by atoms with E-state index in [0.29, 0.717) is 12.1 Å². The standard InChI is InChI=1S/C24H22N4O/c1-27(17-19-16-25-28(18-19)21-12-6-3-7-13-21)24(29)22-14-8-9-15-23(22)26-20-10-4-2-5-11-20/h2-16,18,26H,17H2,1H3. The van der Waals surface area contributed by atoms with Gasteiger partial charge in [-0.1, -0.05) is 48.5 Å². The van der Waals surface area contributed by atoms with Crippen LogP contribution in [0, 0.1) is 0 Å². The van der Waals surface area contributed by atoms with Gasteiger partial charge < -0.3 is 10.2 Å². The summed E-state index contributed by atoms with van der Waals surface area (Å²) in [5.41, 5.74) is 4.33. The highest BCUT2D eigenvalue weighted by Gasteiger charge is 2.16. The van der Waals surface area contributed by atoms with Gasteiger partial charge in [-0.05, 0) is 36.4 Å². The molecule has 144 valence electrons. The zero-order chi connectivity index (χ0) is 20.1. The number of hydrogen-bond acceptors (Lipinski definition) is 3. The number of anilines is 2. The van der Waals surface area contributed by atoms with Gasteiger partial charge in [-0.15, -0.1) is 0 Å². The number of rotatable bonds is 6. The Morgan fingerprint density at radius 1 is 0.931 bits per heavy atom. The van der Waals surface area contributed by atoms with Crippen LogP contribution in [0.3, 0.4) is 0 Å². The molecule has 0 radical (unpaired) electrons. The summed E-state index contributed by atoms with van der Waals surface area (Å²) in [5, 5.41) is 7.75. The predicted octanol–water partition coefficient (Wildman–Crippen LogP) is 4.89. The van der Waals surface area contributed by atoms with Crippen molar-refractivity contribution in [3.63, 3.8) is 0 Å². The number of nitrogens with zero attached hydrogens (tertiary/aromatic N) is 3. The van der Waals surface area contributed by atoms with Crippen LogP contribution < -0.4 is 5.32 Å². The van der Waals surface area contributed by atoms with Gasteiger partial charge in [-0.3, -0.25) is 4.79 Å². The van der Waals surface area contributed by atoms with Gasteiger partial charge in [-0.2, -0.15) is 5.10 Å². The summed E-state index contributed by atoms with van der Waals surface area (Å²) in [4.78, 5) is 14.8. The van der Waals surface area contributed by atoms with Crippen LogP contribution in [0.15, 0.2) is 97.3 Å². The maximum absolute atomic E-state index is 13.1. The van der Waals surface area contributed by atoms with Crippen molar-refractivity contribution >= 4 is 17.3 Å². The lowest BCUT2D eigenvalue weighted by atomic mass is 10.1.